The molecule has 2 heterocycles. The summed E-state index contributed by atoms with van der Waals surface area (Å²) in [5, 5.41) is 1.98. The molecule has 4 rings (SSSR count). The highest BCUT2D eigenvalue weighted by Crippen LogP contribution is 2.48. The molecule has 0 bridgehead atoms. The van der Waals surface area contributed by atoms with E-state index in [1.807, 2.05) is 36.4 Å². The average molecular weight is 351 g/mol. The third kappa shape index (κ3) is 2.47. The van der Waals surface area contributed by atoms with Crippen molar-refractivity contribution >= 4 is 22.6 Å². The van der Waals surface area contributed by atoms with Crippen LogP contribution in [-0.4, -0.2) is 35.0 Å². The van der Waals surface area contributed by atoms with Crippen molar-refractivity contribution in [2.45, 2.75) is 51.7 Å². The van der Waals surface area contributed by atoms with Gasteiger partial charge in [-0.05, 0) is 42.2 Å². The molecule has 0 saturated carbocycles. The molecular formula is C22H25NO3. The molecule has 2 unspecified atom stereocenters. The molecule has 0 N–H and O–H groups in total. The standard InChI is InChI=1S/C22H25NO3/c1-4-14(19-22(5-2,6-3)26-19)13-23-20(24)17-11-15-9-7-8-10-16(15)12-18(17)21(23)25/h7-12,14,19H,4-6,13H2,1-3H3. The highest BCUT2D eigenvalue weighted by atomic mass is 16.6. The number of carbonyl (C=O) groups excluding carboxylic acids is 2. The Balaban J connectivity index is 1.61. The molecule has 136 valence electrons. The first-order valence-corrected chi connectivity index (χ1v) is 9.61. The summed E-state index contributed by atoms with van der Waals surface area (Å²) in [4.78, 5) is 27.2. The molecule has 2 aliphatic heterocycles. The number of rotatable bonds is 6. The molecule has 26 heavy (non-hydrogen) atoms. The molecule has 2 aliphatic rings. The van der Waals surface area contributed by atoms with Crippen LogP contribution in [0.5, 0.6) is 0 Å². The predicted molar refractivity (Wildman–Crippen MR) is 101 cm³/mol. The molecule has 0 aliphatic carbocycles. The minimum Gasteiger partial charge on any atom is -0.366 e. The van der Waals surface area contributed by atoms with E-state index in [-0.39, 0.29) is 29.4 Å². The Morgan fingerprint density at radius 3 is 1.96 bits per heavy atom. The van der Waals surface area contributed by atoms with Crippen molar-refractivity contribution in [3.8, 4) is 0 Å². The van der Waals surface area contributed by atoms with Gasteiger partial charge in [-0.1, -0.05) is 45.0 Å². The third-order valence-corrected chi connectivity index (χ3v) is 6.23. The number of carbonyl (C=O) groups is 2. The zero-order valence-electron chi connectivity index (χ0n) is 15.6. The Kier molecular flexibility index (Phi) is 4.11. The van der Waals surface area contributed by atoms with Gasteiger partial charge in [-0.3, -0.25) is 14.5 Å². The first kappa shape index (κ1) is 17.2. The van der Waals surface area contributed by atoms with Crippen LogP contribution in [0.4, 0.5) is 0 Å². The Labute approximate surface area is 154 Å². The maximum absolute atomic E-state index is 12.9. The van der Waals surface area contributed by atoms with Crippen LogP contribution in [0.25, 0.3) is 10.8 Å². The number of benzene rings is 2. The molecule has 4 nitrogen and oxygen atoms in total. The lowest BCUT2D eigenvalue weighted by molar-refractivity contribution is 0.0619. The summed E-state index contributed by atoms with van der Waals surface area (Å²) >= 11 is 0. The van der Waals surface area contributed by atoms with Gasteiger partial charge in [0.15, 0.2) is 0 Å². The fourth-order valence-electron chi connectivity index (χ4n) is 4.38. The summed E-state index contributed by atoms with van der Waals surface area (Å²) < 4.78 is 6.03. The van der Waals surface area contributed by atoms with Crippen LogP contribution in [0, 0.1) is 5.92 Å². The summed E-state index contributed by atoms with van der Waals surface area (Å²) in [5.41, 5.74) is 0.989. The fourth-order valence-corrected chi connectivity index (χ4v) is 4.38. The molecule has 1 saturated heterocycles. The van der Waals surface area contributed by atoms with E-state index in [4.69, 9.17) is 4.74 Å². The quantitative estimate of drug-likeness (QED) is 0.572. The minimum atomic E-state index is -0.173. The SMILES string of the molecule is CCC(CN1C(=O)c2cc3ccccc3cc2C1=O)C1OC1(CC)CC. The zero-order valence-corrected chi connectivity index (χ0v) is 15.6. The smallest absolute Gasteiger partial charge is 0.261 e. The molecule has 2 aromatic carbocycles. The number of epoxide rings is 1. The molecule has 1 fully saturated rings. The van der Waals surface area contributed by atoms with E-state index in [9.17, 15) is 9.59 Å². The summed E-state index contributed by atoms with van der Waals surface area (Å²) in [5.74, 6) is -0.159. The zero-order chi connectivity index (χ0) is 18.5. The summed E-state index contributed by atoms with van der Waals surface area (Å²) in [6, 6.07) is 11.5. The predicted octanol–water partition coefficient (Wildman–Crippen LogP) is 4.42. The lowest BCUT2D eigenvalue weighted by Crippen LogP contribution is -2.37. The maximum atomic E-state index is 12.9. The molecule has 2 atom stereocenters. The number of nitrogens with zero attached hydrogens (tertiary/aromatic N) is 1. The average Bonchev–Trinajstić information content (AvgIpc) is 3.37. The Hall–Kier alpha value is -2.20. The highest BCUT2D eigenvalue weighted by Gasteiger charge is 2.57. The van der Waals surface area contributed by atoms with E-state index in [1.165, 1.54) is 4.90 Å². The van der Waals surface area contributed by atoms with Crippen molar-refractivity contribution < 1.29 is 14.3 Å². The lowest BCUT2D eigenvalue weighted by Gasteiger charge is -2.21. The van der Waals surface area contributed by atoms with Crippen molar-refractivity contribution in [2.24, 2.45) is 5.92 Å². The fraction of sp³-hybridized carbons (Fsp3) is 0.455. The van der Waals surface area contributed by atoms with Crippen molar-refractivity contribution in [3.63, 3.8) is 0 Å². The van der Waals surface area contributed by atoms with Gasteiger partial charge in [-0.2, -0.15) is 0 Å². The van der Waals surface area contributed by atoms with Gasteiger partial charge in [0.25, 0.3) is 11.8 Å². The Morgan fingerprint density at radius 1 is 1.00 bits per heavy atom. The van der Waals surface area contributed by atoms with Crippen LogP contribution in [-0.2, 0) is 4.74 Å². The van der Waals surface area contributed by atoms with Crippen LogP contribution in [0.3, 0.4) is 0 Å². The Morgan fingerprint density at radius 2 is 1.54 bits per heavy atom. The molecule has 0 aromatic heterocycles. The van der Waals surface area contributed by atoms with Gasteiger partial charge in [-0.15, -0.1) is 0 Å². The molecule has 4 heteroatoms. The van der Waals surface area contributed by atoms with Gasteiger partial charge in [0.2, 0.25) is 0 Å². The van der Waals surface area contributed by atoms with Crippen molar-refractivity contribution in [1.29, 1.82) is 0 Å². The minimum absolute atomic E-state index is 0.0615. The first-order chi connectivity index (χ1) is 12.5. The number of amides is 2. The maximum Gasteiger partial charge on any atom is 0.261 e. The van der Waals surface area contributed by atoms with Crippen LogP contribution >= 0.6 is 0 Å². The second kappa shape index (κ2) is 6.20. The highest BCUT2D eigenvalue weighted by molar-refractivity contribution is 6.23. The topological polar surface area (TPSA) is 49.9 Å². The number of imide groups is 1. The largest absolute Gasteiger partial charge is 0.366 e. The van der Waals surface area contributed by atoms with Crippen LogP contribution in [0.1, 0.15) is 60.7 Å². The summed E-state index contributed by atoms with van der Waals surface area (Å²) in [7, 11) is 0. The van der Waals surface area contributed by atoms with E-state index < -0.39 is 0 Å². The van der Waals surface area contributed by atoms with Crippen molar-refractivity contribution in [3.05, 3.63) is 47.5 Å². The van der Waals surface area contributed by atoms with Crippen LogP contribution < -0.4 is 0 Å². The molecule has 0 spiro atoms. The van der Waals surface area contributed by atoms with Crippen LogP contribution in [0.15, 0.2) is 36.4 Å². The summed E-state index contributed by atoms with van der Waals surface area (Å²) in [6.45, 7) is 6.83. The van der Waals surface area contributed by atoms with E-state index >= 15 is 0 Å². The second-order valence-corrected chi connectivity index (χ2v) is 7.44. The summed E-state index contributed by atoms with van der Waals surface area (Å²) in [6.07, 6.45) is 2.98. The number of hydrogen-bond acceptors (Lipinski definition) is 3. The molecule has 2 amide bonds. The van der Waals surface area contributed by atoms with Crippen molar-refractivity contribution in [2.75, 3.05) is 6.54 Å². The number of ether oxygens (including phenoxy) is 1. The number of hydrogen-bond donors (Lipinski definition) is 0. The van der Waals surface area contributed by atoms with E-state index in [0.29, 0.717) is 17.7 Å². The monoisotopic (exact) mass is 351 g/mol. The second-order valence-electron chi connectivity index (χ2n) is 7.44. The van der Waals surface area contributed by atoms with E-state index in [0.717, 1.165) is 30.0 Å². The van der Waals surface area contributed by atoms with Crippen LogP contribution in [0.2, 0.25) is 0 Å². The van der Waals surface area contributed by atoms with E-state index in [1.54, 1.807) is 0 Å². The first-order valence-electron chi connectivity index (χ1n) is 9.61. The van der Waals surface area contributed by atoms with Gasteiger partial charge in [-0.25, -0.2) is 0 Å². The van der Waals surface area contributed by atoms with Gasteiger partial charge in [0, 0.05) is 12.5 Å². The lowest BCUT2D eigenvalue weighted by atomic mass is 9.89. The van der Waals surface area contributed by atoms with Gasteiger partial charge in [0.05, 0.1) is 22.8 Å². The molecular weight excluding hydrogens is 326 g/mol. The van der Waals surface area contributed by atoms with E-state index in [2.05, 4.69) is 20.8 Å². The normalized spacial score (nSPS) is 22.0. The van der Waals surface area contributed by atoms with Gasteiger partial charge in [0.1, 0.15) is 0 Å². The third-order valence-electron chi connectivity index (χ3n) is 6.23. The Bertz CT molecular complexity index is 830. The van der Waals surface area contributed by atoms with Gasteiger partial charge >= 0.3 is 0 Å². The molecule has 2 aromatic rings. The van der Waals surface area contributed by atoms with Crippen molar-refractivity contribution in [1.82, 2.24) is 4.90 Å². The number of fused-ring (bicyclic) bond motifs is 2. The molecule has 0 radical (unpaired) electrons. The van der Waals surface area contributed by atoms with Gasteiger partial charge < -0.3 is 4.74 Å².